The Bertz CT molecular complexity index is 588. The molecular weight excluding hydrogens is 288 g/mol. The Balaban J connectivity index is 2.06. The van der Waals surface area contributed by atoms with E-state index in [0.717, 1.165) is 0 Å². The number of carbonyl (C=O) groups is 2. The van der Waals surface area contributed by atoms with E-state index in [1.807, 2.05) is 16.7 Å². The predicted octanol–water partition coefficient (Wildman–Crippen LogP) is 2.54. The van der Waals surface area contributed by atoms with E-state index in [1.54, 1.807) is 0 Å². The molecule has 0 N–H and O–H groups in total. The van der Waals surface area contributed by atoms with Crippen LogP contribution in [0.2, 0.25) is 0 Å². The smallest absolute Gasteiger partial charge is 0.227 e. The Hall–Kier alpha value is -1.84. The summed E-state index contributed by atoms with van der Waals surface area (Å²) >= 11 is 0. The first-order valence-electron chi connectivity index (χ1n) is 8.47. The number of hydrogen-bond acceptors (Lipinski definition) is 2. The van der Waals surface area contributed by atoms with Crippen molar-refractivity contribution in [3.8, 4) is 0 Å². The van der Waals surface area contributed by atoms with E-state index >= 15 is 0 Å². The van der Waals surface area contributed by atoms with Gasteiger partial charge in [-0.15, -0.1) is 0 Å². The second-order valence-corrected chi connectivity index (χ2v) is 6.53. The van der Waals surface area contributed by atoms with E-state index in [1.165, 1.54) is 27.8 Å². The topological polar surface area (TPSA) is 40.6 Å². The SMILES string of the molecule is CCC(=O)N1CCN(C(=O)Cc2c(C)c(C)cc(C)c2C)CC1. The molecule has 1 aromatic carbocycles. The van der Waals surface area contributed by atoms with Gasteiger partial charge in [-0.05, 0) is 55.5 Å². The lowest BCUT2D eigenvalue weighted by Crippen LogP contribution is -2.50. The lowest BCUT2D eigenvalue weighted by Gasteiger charge is -2.35. The normalized spacial score (nSPS) is 15.0. The highest BCUT2D eigenvalue weighted by molar-refractivity contribution is 5.81. The molecule has 0 bridgehead atoms. The maximum absolute atomic E-state index is 12.7. The largest absolute Gasteiger partial charge is 0.339 e. The molecule has 0 spiro atoms. The van der Waals surface area contributed by atoms with Crippen LogP contribution < -0.4 is 0 Å². The molecule has 0 radical (unpaired) electrons. The van der Waals surface area contributed by atoms with Crippen molar-refractivity contribution in [3.63, 3.8) is 0 Å². The molecule has 1 aliphatic rings. The fraction of sp³-hybridized carbons (Fsp3) is 0.579. The minimum atomic E-state index is 0.171. The van der Waals surface area contributed by atoms with Gasteiger partial charge in [-0.2, -0.15) is 0 Å². The summed E-state index contributed by atoms with van der Waals surface area (Å²) in [4.78, 5) is 28.1. The van der Waals surface area contributed by atoms with Gasteiger partial charge in [-0.3, -0.25) is 9.59 Å². The van der Waals surface area contributed by atoms with Crippen LogP contribution in [0, 0.1) is 27.7 Å². The van der Waals surface area contributed by atoms with Gasteiger partial charge in [0.2, 0.25) is 11.8 Å². The van der Waals surface area contributed by atoms with Crippen LogP contribution in [0.25, 0.3) is 0 Å². The number of amides is 2. The molecule has 0 atom stereocenters. The van der Waals surface area contributed by atoms with Crippen molar-refractivity contribution in [2.24, 2.45) is 0 Å². The highest BCUT2D eigenvalue weighted by Crippen LogP contribution is 2.23. The van der Waals surface area contributed by atoms with E-state index in [4.69, 9.17) is 0 Å². The van der Waals surface area contributed by atoms with Crippen molar-refractivity contribution in [2.45, 2.75) is 47.5 Å². The van der Waals surface area contributed by atoms with Crippen molar-refractivity contribution in [1.29, 1.82) is 0 Å². The lowest BCUT2D eigenvalue weighted by molar-refractivity contribution is -0.139. The summed E-state index contributed by atoms with van der Waals surface area (Å²) in [6, 6.07) is 2.19. The van der Waals surface area contributed by atoms with Gasteiger partial charge < -0.3 is 9.80 Å². The van der Waals surface area contributed by atoms with Crippen molar-refractivity contribution in [1.82, 2.24) is 9.80 Å². The van der Waals surface area contributed by atoms with Crippen molar-refractivity contribution in [2.75, 3.05) is 26.2 Å². The van der Waals surface area contributed by atoms with Gasteiger partial charge in [-0.25, -0.2) is 0 Å². The molecule has 1 aromatic rings. The maximum Gasteiger partial charge on any atom is 0.227 e. The van der Waals surface area contributed by atoms with Crippen LogP contribution in [0.3, 0.4) is 0 Å². The molecular formula is C19H28N2O2. The van der Waals surface area contributed by atoms with Crippen LogP contribution in [-0.2, 0) is 16.0 Å². The maximum atomic E-state index is 12.7. The summed E-state index contributed by atoms with van der Waals surface area (Å²) in [5, 5.41) is 0. The number of benzene rings is 1. The van der Waals surface area contributed by atoms with Gasteiger partial charge in [-0.1, -0.05) is 13.0 Å². The average Bonchev–Trinajstić information content (AvgIpc) is 2.56. The van der Waals surface area contributed by atoms with Crippen molar-refractivity contribution in [3.05, 3.63) is 33.9 Å². The fourth-order valence-electron chi connectivity index (χ4n) is 3.26. The minimum Gasteiger partial charge on any atom is -0.339 e. The summed E-state index contributed by atoms with van der Waals surface area (Å²) in [5.41, 5.74) is 6.10. The first kappa shape index (κ1) is 17.5. The third-order valence-corrected chi connectivity index (χ3v) is 5.14. The Morgan fingerprint density at radius 1 is 0.870 bits per heavy atom. The number of nitrogens with zero attached hydrogens (tertiary/aromatic N) is 2. The molecule has 1 saturated heterocycles. The van der Waals surface area contributed by atoms with Gasteiger partial charge in [0.25, 0.3) is 0 Å². The summed E-state index contributed by atoms with van der Waals surface area (Å²) in [5.74, 6) is 0.350. The van der Waals surface area contributed by atoms with Crippen LogP contribution in [-0.4, -0.2) is 47.8 Å². The zero-order valence-electron chi connectivity index (χ0n) is 15.0. The van der Waals surface area contributed by atoms with Crippen molar-refractivity contribution < 1.29 is 9.59 Å². The van der Waals surface area contributed by atoms with Crippen LogP contribution in [0.5, 0.6) is 0 Å². The zero-order chi connectivity index (χ0) is 17.1. The number of rotatable bonds is 3. The molecule has 23 heavy (non-hydrogen) atoms. The third kappa shape index (κ3) is 3.74. The Kier molecular flexibility index (Phi) is 5.45. The van der Waals surface area contributed by atoms with Crippen LogP contribution in [0.15, 0.2) is 6.07 Å². The number of carbonyl (C=O) groups excluding carboxylic acids is 2. The molecule has 0 aromatic heterocycles. The molecule has 126 valence electrons. The first-order valence-corrected chi connectivity index (χ1v) is 8.47. The van der Waals surface area contributed by atoms with Gasteiger partial charge >= 0.3 is 0 Å². The molecule has 4 nitrogen and oxygen atoms in total. The van der Waals surface area contributed by atoms with E-state index < -0.39 is 0 Å². The van der Waals surface area contributed by atoms with Crippen LogP contribution >= 0.6 is 0 Å². The van der Waals surface area contributed by atoms with Gasteiger partial charge in [0, 0.05) is 32.6 Å². The summed E-state index contributed by atoms with van der Waals surface area (Å²) < 4.78 is 0. The average molecular weight is 316 g/mol. The molecule has 0 saturated carbocycles. The Morgan fingerprint density at radius 3 is 1.74 bits per heavy atom. The molecule has 1 fully saturated rings. The first-order chi connectivity index (χ1) is 10.8. The molecule has 2 rings (SSSR count). The number of aryl methyl sites for hydroxylation is 2. The molecule has 4 heteroatoms. The lowest BCUT2D eigenvalue weighted by atomic mass is 9.92. The fourth-order valence-corrected chi connectivity index (χ4v) is 3.26. The zero-order valence-corrected chi connectivity index (χ0v) is 15.0. The predicted molar refractivity (Wildman–Crippen MR) is 92.5 cm³/mol. The van der Waals surface area contributed by atoms with Gasteiger partial charge in [0.15, 0.2) is 0 Å². The second kappa shape index (κ2) is 7.16. The molecule has 1 aliphatic heterocycles. The standard InChI is InChI=1S/C19H28N2O2/c1-6-18(22)20-7-9-21(10-8-20)19(23)12-17-15(4)13(2)11-14(3)16(17)5/h11H,6-10,12H2,1-5H3. The van der Waals surface area contributed by atoms with E-state index in [-0.39, 0.29) is 11.8 Å². The number of hydrogen-bond donors (Lipinski definition) is 0. The van der Waals surface area contributed by atoms with Crippen LogP contribution in [0.1, 0.15) is 41.2 Å². The monoisotopic (exact) mass is 316 g/mol. The molecule has 0 unspecified atom stereocenters. The Labute approximate surface area is 139 Å². The van der Waals surface area contributed by atoms with Crippen molar-refractivity contribution >= 4 is 11.8 Å². The summed E-state index contributed by atoms with van der Waals surface area (Å²) in [6.45, 7) is 12.9. The molecule has 0 aliphatic carbocycles. The molecule has 1 heterocycles. The van der Waals surface area contributed by atoms with Gasteiger partial charge in [0.05, 0.1) is 6.42 Å². The van der Waals surface area contributed by atoms with Crippen LogP contribution in [0.4, 0.5) is 0 Å². The highest BCUT2D eigenvalue weighted by Gasteiger charge is 2.24. The van der Waals surface area contributed by atoms with Gasteiger partial charge in [0.1, 0.15) is 0 Å². The van der Waals surface area contributed by atoms with E-state index in [9.17, 15) is 9.59 Å². The second-order valence-electron chi connectivity index (χ2n) is 6.53. The Morgan fingerprint density at radius 2 is 1.30 bits per heavy atom. The van der Waals surface area contributed by atoms with E-state index in [2.05, 4.69) is 33.8 Å². The molecule has 2 amide bonds. The van der Waals surface area contributed by atoms with E-state index in [0.29, 0.717) is 39.0 Å². The summed E-state index contributed by atoms with van der Waals surface area (Å²) in [6.07, 6.45) is 0.997. The quantitative estimate of drug-likeness (QED) is 0.860. The summed E-state index contributed by atoms with van der Waals surface area (Å²) in [7, 11) is 0. The minimum absolute atomic E-state index is 0.171. The number of piperazine rings is 1. The highest BCUT2D eigenvalue weighted by atomic mass is 16.2. The third-order valence-electron chi connectivity index (χ3n) is 5.14.